The van der Waals surface area contributed by atoms with Gasteiger partial charge in [-0.3, -0.25) is 0 Å². The third kappa shape index (κ3) is 2.11. The maximum absolute atomic E-state index is 12.8. The van der Waals surface area contributed by atoms with Crippen LogP contribution in [-0.2, 0) is 4.74 Å². The van der Waals surface area contributed by atoms with Crippen molar-refractivity contribution in [3.8, 4) is 0 Å². The topological polar surface area (TPSA) is 29.5 Å². The van der Waals surface area contributed by atoms with Crippen molar-refractivity contribution in [2.24, 2.45) is 5.92 Å². The SMILES string of the molecule is CC(C)(C)OC(=O)N1C[C@@H]2C[C@]2([B-](F)(F)F)C1. The highest BCUT2D eigenvalue weighted by Gasteiger charge is 2.69. The second-order valence-electron chi connectivity index (χ2n) is 6.07. The molecule has 0 aromatic carbocycles. The lowest BCUT2D eigenvalue weighted by atomic mass is 9.68. The number of ether oxygens (including phenoxy) is 1. The van der Waals surface area contributed by atoms with Crippen molar-refractivity contribution in [1.82, 2.24) is 4.90 Å². The van der Waals surface area contributed by atoms with Crippen LogP contribution < -0.4 is 0 Å². The zero-order valence-corrected chi connectivity index (χ0v) is 10.2. The molecule has 2 atom stereocenters. The normalized spacial score (nSPS) is 32.4. The number of rotatable bonds is 1. The van der Waals surface area contributed by atoms with Crippen molar-refractivity contribution < 1.29 is 22.5 Å². The lowest BCUT2D eigenvalue weighted by molar-refractivity contribution is 0.0273. The molecule has 2 rings (SSSR count). The van der Waals surface area contributed by atoms with Crippen LogP contribution in [0.1, 0.15) is 27.2 Å². The first-order valence-corrected chi connectivity index (χ1v) is 5.72. The molecule has 0 radical (unpaired) electrons. The predicted octanol–water partition coefficient (Wildman–Crippen LogP) is 2.84. The molecule has 0 N–H and O–H groups in total. The Kier molecular flexibility index (Phi) is 2.46. The largest absolute Gasteiger partial charge is 0.486 e. The van der Waals surface area contributed by atoms with Crippen LogP contribution in [0.3, 0.4) is 0 Å². The number of hydrogen-bond donors (Lipinski definition) is 0. The zero-order valence-electron chi connectivity index (χ0n) is 10.2. The van der Waals surface area contributed by atoms with E-state index < -0.39 is 29.9 Å². The first-order chi connectivity index (χ1) is 7.55. The van der Waals surface area contributed by atoms with Crippen LogP contribution in [0.25, 0.3) is 0 Å². The summed E-state index contributed by atoms with van der Waals surface area (Å²) >= 11 is 0. The molecule has 0 bridgehead atoms. The predicted molar refractivity (Wildman–Crippen MR) is 57.7 cm³/mol. The minimum Gasteiger partial charge on any atom is -0.448 e. The number of piperidine rings is 1. The Morgan fingerprint density at radius 1 is 1.41 bits per heavy atom. The molecule has 1 aliphatic carbocycles. The van der Waals surface area contributed by atoms with Gasteiger partial charge in [-0.05, 0) is 32.0 Å². The molecule has 0 aromatic heterocycles. The summed E-state index contributed by atoms with van der Waals surface area (Å²) in [5.41, 5.74) is -0.666. The van der Waals surface area contributed by atoms with Gasteiger partial charge in [0.2, 0.25) is 0 Å². The van der Waals surface area contributed by atoms with Crippen molar-refractivity contribution in [2.75, 3.05) is 13.1 Å². The monoisotopic (exact) mass is 250 g/mol. The Bertz CT molecular complexity index is 352. The van der Waals surface area contributed by atoms with Gasteiger partial charge in [-0.25, -0.2) is 4.79 Å². The van der Waals surface area contributed by atoms with E-state index in [1.807, 2.05) is 0 Å². The van der Waals surface area contributed by atoms with E-state index in [1.54, 1.807) is 20.8 Å². The van der Waals surface area contributed by atoms with Crippen LogP contribution >= 0.6 is 0 Å². The van der Waals surface area contributed by atoms with Gasteiger partial charge < -0.3 is 22.6 Å². The van der Waals surface area contributed by atoms with Crippen LogP contribution in [0.2, 0.25) is 5.31 Å². The van der Waals surface area contributed by atoms with Gasteiger partial charge in [0.1, 0.15) is 5.60 Å². The van der Waals surface area contributed by atoms with Crippen molar-refractivity contribution >= 4 is 13.1 Å². The molecule has 0 unspecified atom stereocenters. The maximum atomic E-state index is 12.8. The molecule has 2 aliphatic rings. The summed E-state index contributed by atoms with van der Waals surface area (Å²) in [7, 11) is 0. The lowest BCUT2D eigenvalue weighted by Crippen LogP contribution is -2.39. The summed E-state index contributed by atoms with van der Waals surface area (Å²) in [6.45, 7) is 0.180. The minimum atomic E-state index is -4.87. The maximum Gasteiger partial charge on any atom is 0.486 e. The van der Waals surface area contributed by atoms with E-state index in [4.69, 9.17) is 4.74 Å². The van der Waals surface area contributed by atoms with E-state index >= 15 is 0 Å². The number of nitrogens with zero attached hydrogens (tertiary/aromatic N) is 1. The number of hydrogen-bond acceptors (Lipinski definition) is 2. The average Bonchev–Trinajstić information content (AvgIpc) is 2.66. The smallest absolute Gasteiger partial charge is 0.448 e. The zero-order chi connectivity index (χ0) is 13.1. The Hall–Kier alpha value is -0.875. The van der Waals surface area contributed by atoms with E-state index in [0.717, 1.165) is 0 Å². The van der Waals surface area contributed by atoms with Gasteiger partial charge in [0.25, 0.3) is 0 Å². The molecule has 2 fully saturated rings. The molecule has 1 saturated carbocycles. The molecule has 98 valence electrons. The first kappa shape index (κ1) is 12.6. The number of amides is 1. The molecular weight excluding hydrogens is 234 g/mol. The van der Waals surface area contributed by atoms with Crippen LogP contribution in [0.5, 0.6) is 0 Å². The summed E-state index contributed by atoms with van der Waals surface area (Å²) in [4.78, 5) is 12.8. The van der Waals surface area contributed by atoms with E-state index in [9.17, 15) is 17.7 Å². The van der Waals surface area contributed by atoms with E-state index in [0.29, 0.717) is 0 Å². The molecule has 1 amide bonds. The van der Waals surface area contributed by atoms with Crippen molar-refractivity contribution in [1.29, 1.82) is 0 Å². The molecule has 1 saturated heterocycles. The molecule has 0 aromatic rings. The molecule has 17 heavy (non-hydrogen) atoms. The van der Waals surface area contributed by atoms with Gasteiger partial charge in [-0.15, -0.1) is 0 Å². The van der Waals surface area contributed by atoms with Crippen LogP contribution in [0, 0.1) is 5.92 Å². The molecule has 3 nitrogen and oxygen atoms in total. The van der Waals surface area contributed by atoms with Gasteiger partial charge >= 0.3 is 13.1 Å². The second kappa shape index (κ2) is 3.33. The fourth-order valence-electron chi connectivity index (χ4n) is 2.50. The molecule has 1 heterocycles. The highest BCUT2D eigenvalue weighted by molar-refractivity contribution is 6.63. The van der Waals surface area contributed by atoms with Crippen LogP contribution in [0.4, 0.5) is 17.7 Å². The molecular formula is C10H16BF3NO2-. The summed E-state index contributed by atoms with van der Waals surface area (Å²) in [5.74, 6) is -0.407. The van der Waals surface area contributed by atoms with E-state index in [2.05, 4.69) is 0 Å². The Labute approximate surface area is 98.3 Å². The quantitative estimate of drug-likeness (QED) is 0.669. The number of fused-ring (bicyclic) bond motifs is 1. The second-order valence-corrected chi connectivity index (χ2v) is 6.07. The summed E-state index contributed by atoms with van der Waals surface area (Å²) in [6, 6.07) is 0. The van der Waals surface area contributed by atoms with Crippen LogP contribution in [-0.4, -0.2) is 36.7 Å². The summed E-state index contributed by atoms with van der Waals surface area (Å²) in [5, 5.41) is -1.59. The highest BCUT2D eigenvalue weighted by atomic mass is 19.4. The highest BCUT2D eigenvalue weighted by Crippen LogP contribution is 2.70. The lowest BCUT2D eigenvalue weighted by Gasteiger charge is -2.29. The van der Waals surface area contributed by atoms with Gasteiger partial charge in [0.15, 0.2) is 0 Å². The Balaban J connectivity index is 1.99. The number of halogens is 3. The minimum absolute atomic E-state index is 0.176. The van der Waals surface area contributed by atoms with Gasteiger partial charge in [0.05, 0.1) is 0 Å². The standard InChI is InChI=1S/C10H16BF3NO2/c1-9(2,3)17-8(16)15-5-7-4-10(7,6-15)11(12,13)14/h7H,4-6H2,1-3H3/q-1/t7-,10-/m0/s1. The van der Waals surface area contributed by atoms with E-state index in [1.165, 1.54) is 4.90 Å². The van der Waals surface area contributed by atoms with Crippen molar-refractivity contribution in [2.45, 2.75) is 38.1 Å². The molecule has 7 heteroatoms. The summed E-state index contributed by atoms with van der Waals surface area (Å²) < 4.78 is 43.6. The molecule has 0 spiro atoms. The summed E-state index contributed by atoms with van der Waals surface area (Å²) in [6.07, 6.45) is -0.459. The third-order valence-corrected chi connectivity index (χ3v) is 3.51. The van der Waals surface area contributed by atoms with Gasteiger partial charge in [0, 0.05) is 13.1 Å². The number of carbonyl (C=O) groups excluding carboxylic acids is 1. The van der Waals surface area contributed by atoms with Crippen molar-refractivity contribution in [3.05, 3.63) is 0 Å². The molecule has 1 aliphatic heterocycles. The van der Waals surface area contributed by atoms with Gasteiger partial charge in [-0.2, -0.15) is 0 Å². The van der Waals surface area contributed by atoms with Crippen molar-refractivity contribution in [3.63, 3.8) is 0 Å². The fourth-order valence-corrected chi connectivity index (χ4v) is 2.50. The third-order valence-electron chi connectivity index (χ3n) is 3.51. The van der Waals surface area contributed by atoms with Crippen LogP contribution in [0.15, 0.2) is 0 Å². The Morgan fingerprint density at radius 3 is 2.41 bits per heavy atom. The van der Waals surface area contributed by atoms with E-state index in [-0.39, 0.29) is 19.5 Å². The number of likely N-dealkylation sites (tertiary alicyclic amines) is 1. The van der Waals surface area contributed by atoms with Gasteiger partial charge in [-0.1, -0.05) is 6.42 Å². The fraction of sp³-hybridized carbons (Fsp3) is 0.900. The number of carbonyl (C=O) groups is 1. The average molecular weight is 250 g/mol. The first-order valence-electron chi connectivity index (χ1n) is 5.72. The Morgan fingerprint density at radius 2 is 2.00 bits per heavy atom.